The fraction of sp³-hybridized carbons (Fsp3) is 0.391. The van der Waals surface area contributed by atoms with Crippen LogP contribution in [0, 0.1) is 0 Å². The SMILES string of the molecule is CCCn1c(=O)[nH]c(=O)c2c(C(=O)NCc3cc(OC)ccc3OC)cc(C3CC3)nc21. The number of hydrogen-bond acceptors (Lipinski definition) is 6. The van der Waals surface area contributed by atoms with Crippen LogP contribution >= 0.6 is 0 Å². The molecule has 3 aromatic rings. The van der Waals surface area contributed by atoms with Crippen LogP contribution in [0.15, 0.2) is 33.9 Å². The highest BCUT2D eigenvalue weighted by Gasteiger charge is 2.28. The number of hydrogen-bond donors (Lipinski definition) is 2. The number of aromatic amines is 1. The lowest BCUT2D eigenvalue weighted by Gasteiger charge is -2.14. The lowest BCUT2D eigenvalue weighted by Crippen LogP contribution is -2.33. The van der Waals surface area contributed by atoms with E-state index >= 15 is 0 Å². The van der Waals surface area contributed by atoms with Gasteiger partial charge in [0.05, 0.1) is 25.2 Å². The number of benzene rings is 1. The van der Waals surface area contributed by atoms with Crippen molar-refractivity contribution in [2.24, 2.45) is 0 Å². The summed E-state index contributed by atoms with van der Waals surface area (Å²) in [5.41, 5.74) is 0.807. The Labute approximate surface area is 184 Å². The topological polar surface area (TPSA) is 115 Å². The molecule has 0 atom stereocenters. The summed E-state index contributed by atoms with van der Waals surface area (Å²) < 4.78 is 12.1. The Morgan fingerprint density at radius 1 is 1.22 bits per heavy atom. The Kier molecular flexibility index (Phi) is 5.98. The van der Waals surface area contributed by atoms with Crippen molar-refractivity contribution >= 4 is 16.9 Å². The Morgan fingerprint density at radius 2 is 2.00 bits per heavy atom. The third-order valence-corrected chi connectivity index (χ3v) is 5.58. The molecule has 32 heavy (non-hydrogen) atoms. The summed E-state index contributed by atoms with van der Waals surface area (Å²) in [4.78, 5) is 45.3. The largest absolute Gasteiger partial charge is 0.497 e. The number of nitrogens with zero attached hydrogens (tertiary/aromatic N) is 2. The van der Waals surface area contributed by atoms with E-state index in [1.807, 2.05) is 6.92 Å². The van der Waals surface area contributed by atoms with Crippen molar-refractivity contribution < 1.29 is 14.3 Å². The summed E-state index contributed by atoms with van der Waals surface area (Å²) in [5.74, 6) is 1.07. The van der Waals surface area contributed by atoms with Gasteiger partial charge < -0.3 is 14.8 Å². The van der Waals surface area contributed by atoms with Crippen molar-refractivity contribution in [2.45, 2.75) is 45.2 Å². The van der Waals surface area contributed by atoms with E-state index in [2.05, 4.69) is 15.3 Å². The molecule has 0 unspecified atom stereocenters. The Balaban J connectivity index is 1.77. The third kappa shape index (κ3) is 4.10. The van der Waals surface area contributed by atoms with Crippen molar-refractivity contribution in [3.05, 3.63) is 61.9 Å². The Bertz CT molecular complexity index is 1290. The minimum Gasteiger partial charge on any atom is -0.497 e. The van der Waals surface area contributed by atoms with Crippen LogP contribution in [0.5, 0.6) is 11.5 Å². The zero-order valence-corrected chi connectivity index (χ0v) is 18.4. The number of H-pyrrole nitrogens is 1. The first-order chi connectivity index (χ1) is 15.5. The molecule has 0 saturated heterocycles. The molecule has 1 saturated carbocycles. The summed E-state index contributed by atoms with van der Waals surface area (Å²) in [7, 11) is 3.12. The van der Waals surface area contributed by atoms with E-state index in [-0.39, 0.29) is 29.1 Å². The maximum atomic E-state index is 13.2. The van der Waals surface area contributed by atoms with Gasteiger partial charge in [0, 0.05) is 30.3 Å². The van der Waals surface area contributed by atoms with Gasteiger partial charge in [-0.25, -0.2) is 9.78 Å². The number of methoxy groups -OCH3 is 2. The molecule has 2 N–H and O–H groups in total. The predicted molar refractivity (Wildman–Crippen MR) is 120 cm³/mol. The molecule has 1 fully saturated rings. The number of aromatic nitrogens is 3. The monoisotopic (exact) mass is 438 g/mol. The van der Waals surface area contributed by atoms with Crippen LogP contribution in [0.3, 0.4) is 0 Å². The average Bonchev–Trinajstić information content (AvgIpc) is 3.64. The smallest absolute Gasteiger partial charge is 0.329 e. The van der Waals surface area contributed by atoms with Crippen LogP contribution in [0.1, 0.15) is 53.7 Å². The van der Waals surface area contributed by atoms with Crippen LogP contribution in [-0.2, 0) is 13.1 Å². The van der Waals surface area contributed by atoms with E-state index in [1.54, 1.807) is 38.5 Å². The fourth-order valence-electron chi connectivity index (χ4n) is 3.78. The summed E-state index contributed by atoms with van der Waals surface area (Å²) in [6, 6.07) is 7.00. The van der Waals surface area contributed by atoms with Gasteiger partial charge in [0.1, 0.15) is 11.5 Å². The van der Waals surface area contributed by atoms with Crippen LogP contribution in [0.4, 0.5) is 0 Å². The summed E-state index contributed by atoms with van der Waals surface area (Å²) >= 11 is 0. The second kappa shape index (κ2) is 8.86. The number of fused-ring (bicyclic) bond motifs is 1. The third-order valence-electron chi connectivity index (χ3n) is 5.58. The molecule has 9 heteroatoms. The van der Waals surface area contributed by atoms with Gasteiger partial charge in [-0.1, -0.05) is 6.92 Å². The molecule has 0 aliphatic heterocycles. The van der Waals surface area contributed by atoms with Gasteiger partial charge in [-0.2, -0.15) is 0 Å². The Morgan fingerprint density at radius 3 is 2.66 bits per heavy atom. The summed E-state index contributed by atoms with van der Waals surface area (Å²) in [5, 5.41) is 2.99. The van der Waals surface area contributed by atoms with E-state index in [1.165, 1.54) is 4.57 Å². The maximum Gasteiger partial charge on any atom is 0.329 e. The fourth-order valence-corrected chi connectivity index (χ4v) is 3.78. The van der Waals surface area contributed by atoms with Gasteiger partial charge in [-0.05, 0) is 43.5 Å². The molecule has 4 rings (SSSR count). The second-order valence-electron chi connectivity index (χ2n) is 7.84. The van der Waals surface area contributed by atoms with Gasteiger partial charge in [0.25, 0.3) is 11.5 Å². The van der Waals surface area contributed by atoms with Crippen LogP contribution in [0.25, 0.3) is 11.0 Å². The van der Waals surface area contributed by atoms with Gasteiger partial charge in [0.2, 0.25) is 0 Å². The van der Waals surface area contributed by atoms with Crippen LogP contribution in [0.2, 0.25) is 0 Å². The Hall–Kier alpha value is -3.62. The summed E-state index contributed by atoms with van der Waals surface area (Å²) in [6.45, 7) is 2.51. The zero-order valence-electron chi connectivity index (χ0n) is 18.4. The molecule has 0 spiro atoms. The first-order valence-electron chi connectivity index (χ1n) is 10.6. The minimum absolute atomic E-state index is 0.123. The van der Waals surface area contributed by atoms with E-state index in [0.717, 1.165) is 24.1 Å². The number of pyridine rings is 1. The molecule has 0 bridgehead atoms. The van der Waals surface area contributed by atoms with E-state index in [0.29, 0.717) is 24.5 Å². The molecular formula is C23H26N4O5. The van der Waals surface area contributed by atoms with Gasteiger partial charge in [-0.15, -0.1) is 0 Å². The number of aryl methyl sites for hydroxylation is 1. The molecule has 168 valence electrons. The quantitative estimate of drug-likeness (QED) is 0.558. The van der Waals surface area contributed by atoms with Crippen LogP contribution < -0.4 is 26.0 Å². The van der Waals surface area contributed by atoms with Gasteiger partial charge in [-0.3, -0.25) is 19.1 Å². The lowest BCUT2D eigenvalue weighted by molar-refractivity contribution is 0.0952. The molecule has 0 radical (unpaired) electrons. The van der Waals surface area contributed by atoms with Crippen molar-refractivity contribution in [3.8, 4) is 11.5 Å². The lowest BCUT2D eigenvalue weighted by atomic mass is 10.1. The first kappa shape index (κ1) is 21.6. The highest BCUT2D eigenvalue weighted by molar-refractivity contribution is 6.05. The number of rotatable bonds is 8. The normalized spacial score (nSPS) is 13.2. The van der Waals surface area contributed by atoms with Crippen LogP contribution in [-0.4, -0.2) is 34.7 Å². The number of nitrogens with one attached hydrogen (secondary N) is 2. The number of amides is 1. The number of carbonyl (C=O) groups excluding carboxylic acids is 1. The molecule has 1 aliphatic carbocycles. The number of ether oxygens (including phenoxy) is 2. The van der Waals surface area contributed by atoms with Crippen molar-refractivity contribution in [1.29, 1.82) is 0 Å². The minimum atomic E-state index is -0.615. The molecule has 1 amide bonds. The molecule has 9 nitrogen and oxygen atoms in total. The standard InChI is InChI=1S/C23H26N4O5/c1-4-9-27-20-19(22(29)26-23(27)30)16(11-17(25-20)13-5-6-13)21(28)24-12-14-10-15(31-2)7-8-18(14)32-3/h7-8,10-11,13H,4-6,9,12H2,1-3H3,(H,24,28)(H,26,29,30). The number of carbonyl (C=O) groups is 1. The van der Waals surface area contributed by atoms with Crippen molar-refractivity contribution in [1.82, 2.24) is 19.9 Å². The first-order valence-corrected chi connectivity index (χ1v) is 10.6. The van der Waals surface area contributed by atoms with Gasteiger partial charge in [0.15, 0.2) is 5.65 Å². The molecule has 1 aromatic carbocycles. The van der Waals surface area contributed by atoms with E-state index in [9.17, 15) is 14.4 Å². The van der Waals surface area contributed by atoms with E-state index < -0.39 is 17.2 Å². The van der Waals surface area contributed by atoms with Gasteiger partial charge >= 0.3 is 5.69 Å². The summed E-state index contributed by atoms with van der Waals surface area (Å²) in [6.07, 6.45) is 2.64. The molecule has 2 heterocycles. The van der Waals surface area contributed by atoms with Crippen molar-refractivity contribution in [2.75, 3.05) is 14.2 Å². The second-order valence-corrected chi connectivity index (χ2v) is 7.84. The average molecular weight is 438 g/mol. The maximum absolute atomic E-state index is 13.2. The highest BCUT2D eigenvalue weighted by atomic mass is 16.5. The zero-order chi connectivity index (χ0) is 22.8. The molecule has 2 aromatic heterocycles. The van der Waals surface area contributed by atoms with Crippen molar-refractivity contribution in [3.63, 3.8) is 0 Å². The molecular weight excluding hydrogens is 412 g/mol. The predicted octanol–water partition coefficient (Wildman–Crippen LogP) is 2.32. The highest BCUT2D eigenvalue weighted by Crippen LogP contribution is 2.40. The van der Waals surface area contributed by atoms with E-state index in [4.69, 9.17) is 9.47 Å². The molecule has 1 aliphatic rings.